The van der Waals surface area contributed by atoms with E-state index in [1.165, 1.54) is 25.4 Å². The number of carbonyl (C=O) groups excluding carboxylic acids is 2. The first-order valence-electron chi connectivity index (χ1n) is 8.61. The number of ketones is 1. The van der Waals surface area contributed by atoms with E-state index in [1.807, 2.05) is 0 Å². The molecule has 3 aromatic rings. The van der Waals surface area contributed by atoms with E-state index in [9.17, 15) is 22.8 Å². The normalized spacial score (nSPS) is 11.2. The van der Waals surface area contributed by atoms with Crippen molar-refractivity contribution in [1.29, 1.82) is 0 Å². The summed E-state index contributed by atoms with van der Waals surface area (Å²) in [6, 6.07) is 9.92. The first-order chi connectivity index (χ1) is 13.7. The summed E-state index contributed by atoms with van der Waals surface area (Å²) in [5.41, 5.74) is 1.01. The minimum atomic E-state index is -4.46. The summed E-state index contributed by atoms with van der Waals surface area (Å²) in [6.07, 6.45) is -0.279. The van der Waals surface area contributed by atoms with Crippen LogP contribution in [-0.2, 0) is 11.0 Å². The molecule has 0 saturated carbocycles. The van der Waals surface area contributed by atoms with E-state index in [4.69, 9.17) is 0 Å². The first-order valence-corrected chi connectivity index (χ1v) is 8.61. The van der Waals surface area contributed by atoms with Crippen molar-refractivity contribution in [2.45, 2.75) is 19.5 Å². The van der Waals surface area contributed by atoms with Crippen LogP contribution in [0.4, 0.5) is 18.9 Å². The quantitative estimate of drug-likeness (QED) is 0.499. The number of benzene rings is 2. The third-order valence-corrected chi connectivity index (χ3v) is 4.18. The summed E-state index contributed by atoms with van der Waals surface area (Å²) >= 11 is 0. The molecule has 0 aliphatic heterocycles. The zero-order chi connectivity index (χ0) is 21.0. The molecule has 0 saturated heterocycles. The van der Waals surface area contributed by atoms with Crippen LogP contribution in [0.25, 0.3) is 11.3 Å². The van der Waals surface area contributed by atoms with Crippen molar-refractivity contribution in [3.05, 3.63) is 77.7 Å². The van der Waals surface area contributed by atoms with Crippen molar-refractivity contribution in [2.24, 2.45) is 0 Å². The van der Waals surface area contributed by atoms with Crippen LogP contribution >= 0.6 is 0 Å². The van der Waals surface area contributed by atoms with Crippen LogP contribution < -0.4 is 5.32 Å². The number of aryl methyl sites for hydroxylation is 1. The highest BCUT2D eigenvalue weighted by atomic mass is 19.4. The monoisotopic (exact) mass is 399 g/mol. The van der Waals surface area contributed by atoms with E-state index < -0.39 is 29.9 Å². The number of nitrogens with zero attached hydrogens (tertiary/aromatic N) is 2. The van der Waals surface area contributed by atoms with Crippen molar-refractivity contribution >= 4 is 17.4 Å². The smallest absolute Gasteiger partial charge is 0.326 e. The second-order valence-corrected chi connectivity index (χ2v) is 6.35. The van der Waals surface area contributed by atoms with Gasteiger partial charge in [-0.25, -0.2) is 0 Å². The average molecular weight is 399 g/mol. The predicted molar refractivity (Wildman–Crippen MR) is 101 cm³/mol. The number of amides is 1. The van der Waals surface area contributed by atoms with E-state index in [0.717, 1.165) is 12.1 Å². The molecule has 2 aromatic carbocycles. The number of rotatable bonds is 5. The van der Waals surface area contributed by atoms with Gasteiger partial charge in [-0.3, -0.25) is 19.6 Å². The Morgan fingerprint density at radius 1 is 1.07 bits per heavy atom. The van der Waals surface area contributed by atoms with Gasteiger partial charge < -0.3 is 5.32 Å². The maximum absolute atomic E-state index is 12.8. The molecule has 0 atom stereocenters. The van der Waals surface area contributed by atoms with Crippen LogP contribution in [0.2, 0.25) is 0 Å². The zero-order valence-electron chi connectivity index (χ0n) is 15.3. The van der Waals surface area contributed by atoms with Gasteiger partial charge in [-0.1, -0.05) is 18.2 Å². The van der Waals surface area contributed by atoms with Gasteiger partial charge in [0.25, 0.3) is 0 Å². The average Bonchev–Trinajstić information content (AvgIpc) is 2.67. The number of aromatic nitrogens is 2. The molecule has 8 heteroatoms. The molecule has 0 unspecified atom stereocenters. The molecular formula is C21H16F3N3O2. The van der Waals surface area contributed by atoms with Gasteiger partial charge in [-0.05, 0) is 36.8 Å². The maximum atomic E-state index is 12.8. The first kappa shape index (κ1) is 20.2. The Balaban J connectivity index is 1.69. The minimum absolute atomic E-state index is 0.0155. The van der Waals surface area contributed by atoms with E-state index >= 15 is 0 Å². The number of halogens is 3. The number of hydrogen-bond acceptors (Lipinski definition) is 4. The molecule has 0 spiro atoms. The third-order valence-electron chi connectivity index (χ3n) is 4.18. The Morgan fingerprint density at radius 3 is 2.52 bits per heavy atom. The summed E-state index contributed by atoms with van der Waals surface area (Å²) in [6.45, 7) is 1.31. The molecule has 1 amide bonds. The van der Waals surface area contributed by atoms with Crippen LogP contribution in [0.3, 0.4) is 0 Å². The summed E-state index contributed by atoms with van der Waals surface area (Å²) in [5.74, 6) is -1.03. The summed E-state index contributed by atoms with van der Waals surface area (Å²) in [4.78, 5) is 32.7. The fourth-order valence-electron chi connectivity index (χ4n) is 2.81. The number of Topliss-reactive ketones (excluding diaryl/α,β-unsaturated/α-hetero) is 1. The summed E-state index contributed by atoms with van der Waals surface area (Å²) in [5, 5.41) is 2.46. The Kier molecular flexibility index (Phi) is 5.72. The van der Waals surface area contributed by atoms with E-state index in [1.54, 1.807) is 30.5 Å². The van der Waals surface area contributed by atoms with Crippen LogP contribution in [0, 0.1) is 6.92 Å². The fourth-order valence-corrected chi connectivity index (χ4v) is 2.81. The zero-order valence-corrected chi connectivity index (χ0v) is 15.3. The topological polar surface area (TPSA) is 72.0 Å². The van der Waals surface area contributed by atoms with Crippen molar-refractivity contribution in [3.8, 4) is 11.3 Å². The molecule has 0 radical (unpaired) electrons. The van der Waals surface area contributed by atoms with Crippen molar-refractivity contribution in [3.63, 3.8) is 0 Å². The molecule has 0 aliphatic carbocycles. The third kappa shape index (κ3) is 5.04. The van der Waals surface area contributed by atoms with Gasteiger partial charge in [0.2, 0.25) is 5.91 Å². The summed E-state index contributed by atoms with van der Waals surface area (Å²) in [7, 11) is 0. The molecule has 1 aromatic heterocycles. The second-order valence-electron chi connectivity index (χ2n) is 6.35. The highest BCUT2D eigenvalue weighted by Gasteiger charge is 2.32. The molecule has 148 valence electrons. The lowest BCUT2D eigenvalue weighted by atomic mass is 10.0. The van der Waals surface area contributed by atoms with Gasteiger partial charge >= 0.3 is 6.18 Å². The Hall–Kier alpha value is -3.55. The van der Waals surface area contributed by atoms with Crippen molar-refractivity contribution < 1.29 is 22.8 Å². The molecule has 3 rings (SSSR count). The molecule has 29 heavy (non-hydrogen) atoms. The van der Waals surface area contributed by atoms with E-state index in [-0.39, 0.29) is 11.3 Å². The van der Waals surface area contributed by atoms with Gasteiger partial charge in [0.05, 0.1) is 23.9 Å². The standard InChI is InChI=1S/C21H16F3N3O2/c1-13-9-16(5-6-17(13)21(22,23)24)27-20(29)11-19(28)15-4-2-3-14(10-15)18-12-25-7-8-26-18/h2-10,12H,11H2,1H3,(H,27,29). The molecule has 0 bridgehead atoms. The van der Waals surface area contributed by atoms with Crippen LogP contribution in [0.5, 0.6) is 0 Å². The Morgan fingerprint density at radius 2 is 1.86 bits per heavy atom. The lowest BCUT2D eigenvalue weighted by molar-refractivity contribution is -0.138. The van der Waals surface area contributed by atoms with Crippen LogP contribution in [0.15, 0.2) is 61.1 Å². The Labute approximate surface area is 164 Å². The number of nitrogens with one attached hydrogen (secondary N) is 1. The highest BCUT2D eigenvalue weighted by molar-refractivity contribution is 6.11. The Bertz CT molecular complexity index is 1050. The van der Waals surface area contributed by atoms with Crippen molar-refractivity contribution in [1.82, 2.24) is 9.97 Å². The molecule has 5 nitrogen and oxygen atoms in total. The van der Waals surface area contributed by atoms with Gasteiger partial charge in [-0.2, -0.15) is 13.2 Å². The molecule has 0 aliphatic rings. The molecule has 1 N–H and O–H groups in total. The highest BCUT2D eigenvalue weighted by Crippen LogP contribution is 2.32. The second kappa shape index (κ2) is 8.22. The number of carbonyl (C=O) groups is 2. The van der Waals surface area contributed by atoms with Gasteiger partial charge in [0, 0.05) is 29.2 Å². The van der Waals surface area contributed by atoms with Gasteiger partial charge in [0.1, 0.15) is 0 Å². The largest absolute Gasteiger partial charge is 0.416 e. The fraction of sp³-hybridized carbons (Fsp3) is 0.143. The van der Waals surface area contributed by atoms with Gasteiger partial charge in [-0.15, -0.1) is 0 Å². The summed E-state index contributed by atoms with van der Waals surface area (Å²) < 4.78 is 38.5. The van der Waals surface area contributed by atoms with E-state index in [0.29, 0.717) is 16.8 Å². The van der Waals surface area contributed by atoms with Crippen LogP contribution in [0.1, 0.15) is 27.9 Å². The lowest BCUT2D eigenvalue weighted by Gasteiger charge is -2.12. The molecule has 0 fully saturated rings. The lowest BCUT2D eigenvalue weighted by Crippen LogP contribution is -2.17. The number of hydrogen-bond donors (Lipinski definition) is 1. The van der Waals surface area contributed by atoms with Crippen LogP contribution in [-0.4, -0.2) is 21.7 Å². The SMILES string of the molecule is Cc1cc(NC(=O)CC(=O)c2cccc(-c3cnccn3)c2)ccc1C(F)(F)F. The predicted octanol–water partition coefficient (Wildman–Crippen LogP) is 4.68. The number of anilines is 1. The minimum Gasteiger partial charge on any atom is -0.326 e. The molecular weight excluding hydrogens is 383 g/mol. The van der Waals surface area contributed by atoms with Gasteiger partial charge in [0.15, 0.2) is 5.78 Å². The molecule has 1 heterocycles. The number of alkyl halides is 3. The maximum Gasteiger partial charge on any atom is 0.416 e. The van der Waals surface area contributed by atoms with E-state index in [2.05, 4.69) is 15.3 Å². The van der Waals surface area contributed by atoms with Crippen molar-refractivity contribution in [2.75, 3.05) is 5.32 Å².